The normalized spacial score (nSPS) is 28.1. The number of hydrogen-bond donors (Lipinski definition) is 2. The van der Waals surface area contributed by atoms with Gasteiger partial charge in [0.25, 0.3) is 0 Å². The lowest BCUT2D eigenvalue weighted by atomic mass is 10.0. The van der Waals surface area contributed by atoms with E-state index in [1.807, 2.05) is 6.07 Å². The number of piperazine rings is 1. The zero-order chi connectivity index (χ0) is 27.5. The number of carbonyl (C=O) groups excluding carboxylic acids is 1. The number of aliphatic hydroxyl groups excluding tert-OH is 1. The summed E-state index contributed by atoms with van der Waals surface area (Å²) in [6.45, 7) is 10.6. The quantitative estimate of drug-likeness (QED) is 0.547. The molecule has 2 saturated heterocycles. The van der Waals surface area contributed by atoms with Crippen molar-refractivity contribution in [3.63, 3.8) is 0 Å². The molecule has 10 heteroatoms. The number of anilines is 1. The van der Waals surface area contributed by atoms with Crippen LogP contribution in [0.5, 0.6) is 5.88 Å². The molecule has 1 aromatic heterocycles. The van der Waals surface area contributed by atoms with Gasteiger partial charge in [0.05, 0.1) is 32.4 Å². The highest BCUT2D eigenvalue weighted by molar-refractivity contribution is 5.97. The molecule has 0 saturated carbocycles. The van der Waals surface area contributed by atoms with Crippen molar-refractivity contribution in [2.45, 2.75) is 57.4 Å². The number of amides is 1. The van der Waals surface area contributed by atoms with Crippen LogP contribution < -0.4 is 15.0 Å². The van der Waals surface area contributed by atoms with Crippen LogP contribution in [0.1, 0.15) is 31.9 Å². The molecule has 3 aliphatic heterocycles. The van der Waals surface area contributed by atoms with Crippen LogP contribution >= 0.6 is 0 Å². The van der Waals surface area contributed by atoms with Crippen molar-refractivity contribution in [3.05, 3.63) is 53.5 Å². The van der Waals surface area contributed by atoms with Crippen LogP contribution in [0.3, 0.4) is 0 Å². The van der Waals surface area contributed by atoms with Crippen LogP contribution in [0.15, 0.2) is 36.5 Å². The highest BCUT2D eigenvalue weighted by Crippen LogP contribution is 2.34. The predicted octanol–water partition coefficient (Wildman–Crippen LogP) is 1.67. The monoisotopic (exact) mass is 541 g/mol. The maximum atomic E-state index is 14.0. The molecule has 2 aromatic rings. The van der Waals surface area contributed by atoms with Gasteiger partial charge in [0, 0.05) is 50.0 Å². The number of hydrogen-bond acceptors (Lipinski definition) is 8. The number of nitrogens with one attached hydrogen (secondary N) is 1. The molecule has 0 aliphatic carbocycles. The minimum absolute atomic E-state index is 0.0819. The minimum Gasteiger partial charge on any atom is -0.474 e. The van der Waals surface area contributed by atoms with Crippen LogP contribution in [0.25, 0.3) is 0 Å². The molecule has 2 N–H and O–H groups in total. The third-order valence-corrected chi connectivity index (χ3v) is 8.06. The molecule has 5 atom stereocenters. The first-order valence-corrected chi connectivity index (χ1v) is 13.9. The average molecular weight is 542 g/mol. The van der Waals surface area contributed by atoms with Crippen molar-refractivity contribution >= 4 is 11.6 Å². The number of rotatable bonds is 7. The van der Waals surface area contributed by atoms with Crippen LogP contribution in [-0.4, -0.2) is 109 Å². The summed E-state index contributed by atoms with van der Waals surface area (Å²) < 4.78 is 24.9. The smallest absolute Gasteiger partial charge is 0.241 e. The highest BCUT2D eigenvalue weighted by atomic mass is 19.1. The van der Waals surface area contributed by atoms with E-state index in [1.54, 1.807) is 23.2 Å². The summed E-state index contributed by atoms with van der Waals surface area (Å²) in [4.78, 5) is 24.9. The zero-order valence-corrected chi connectivity index (χ0v) is 23.1. The van der Waals surface area contributed by atoms with E-state index in [0.717, 1.165) is 44.0 Å². The lowest BCUT2D eigenvalue weighted by molar-refractivity contribution is -0.122. The van der Waals surface area contributed by atoms with E-state index in [0.29, 0.717) is 30.1 Å². The first-order chi connectivity index (χ1) is 18.8. The number of benzene rings is 1. The highest BCUT2D eigenvalue weighted by Gasteiger charge is 2.37. The fraction of sp³-hybridized carbons (Fsp3) is 0.586. The number of ether oxygens (including phenoxy) is 2. The Hall–Kier alpha value is -2.63. The molecule has 3 aliphatic rings. The van der Waals surface area contributed by atoms with Crippen molar-refractivity contribution < 1.29 is 23.8 Å². The largest absolute Gasteiger partial charge is 0.474 e. The minimum atomic E-state index is -0.494. The van der Waals surface area contributed by atoms with Gasteiger partial charge in [-0.25, -0.2) is 9.37 Å². The van der Waals surface area contributed by atoms with Crippen LogP contribution in [-0.2, 0) is 16.0 Å². The van der Waals surface area contributed by atoms with Crippen LogP contribution in [0, 0.1) is 5.82 Å². The van der Waals surface area contributed by atoms with Crippen molar-refractivity contribution in [3.8, 4) is 5.88 Å². The second kappa shape index (κ2) is 12.3. The predicted molar refractivity (Wildman–Crippen MR) is 147 cm³/mol. The van der Waals surface area contributed by atoms with E-state index in [2.05, 4.69) is 40.9 Å². The Morgan fingerprint density at radius 3 is 2.56 bits per heavy atom. The SMILES string of the molecule is C[C@@H]1CN(CC(=O)N2c3cc(Cc4ccc(F)cc4)cnc3OCC2CO)[C@@H](CN2[C@H](C)COC[C@H]2C)CN1. The van der Waals surface area contributed by atoms with Gasteiger partial charge in [-0.05, 0) is 56.5 Å². The standard InChI is InChI=1S/C29H40FN5O4/c1-19-12-33(25(11-31-19)13-34-20(2)16-38-17-21(34)3)14-28(37)35-26(15-36)18-39-29-27(35)9-23(10-32-29)8-22-4-6-24(30)7-5-22/h4-7,9-10,19-21,25-26,31,36H,8,11-18H2,1-3H3/t19-,20-,21-,25-,26?/m1/s1. The van der Waals surface area contributed by atoms with Crippen molar-refractivity contribution in [1.82, 2.24) is 20.1 Å². The molecular formula is C29H40FN5O4. The number of carbonyl (C=O) groups is 1. The molecule has 0 spiro atoms. The maximum absolute atomic E-state index is 14.0. The number of pyridine rings is 1. The van der Waals surface area contributed by atoms with Crippen molar-refractivity contribution in [1.29, 1.82) is 0 Å². The first-order valence-electron chi connectivity index (χ1n) is 13.9. The molecule has 5 rings (SSSR count). The number of morpholine rings is 1. The molecule has 4 heterocycles. The molecule has 0 radical (unpaired) electrons. The van der Waals surface area contributed by atoms with Gasteiger partial charge in [0.15, 0.2) is 0 Å². The number of fused-ring (bicyclic) bond motifs is 1. The van der Waals surface area contributed by atoms with Gasteiger partial charge in [0.2, 0.25) is 11.8 Å². The molecule has 212 valence electrons. The second-order valence-corrected chi connectivity index (χ2v) is 11.2. The van der Waals surface area contributed by atoms with Gasteiger partial charge in [-0.2, -0.15) is 0 Å². The molecular weight excluding hydrogens is 501 g/mol. The number of aliphatic hydroxyl groups is 1. The second-order valence-electron chi connectivity index (χ2n) is 11.2. The van der Waals surface area contributed by atoms with Gasteiger partial charge in [-0.3, -0.25) is 19.5 Å². The maximum Gasteiger partial charge on any atom is 0.241 e. The molecule has 1 aromatic carbocycles. The van der Waals surface area contributed by atoms with E-state index in [-0.39, 0.29) is 43.6 Å². The number of nitrogens with zero attached hydrogens (tertiary/aromatic N) is 4. The van der Waals surface area contributed by atoms with E-state index in [9.17, 15) is 14.3 Å². The van der Waals surface area contributed by atoms with Gasteiger partial charge in [0.1, 0.15) is 18.1 Å². The Kier molecular flexibility index (Phi) is 8.78. The Morgan fingerprint density at radius 2 is 1.85 bits per heavy atom. The third-order valence-electron chi connectivity index (χ3n) is 8.06. The van der Waals surface area contributed by atoms with Gasteiger partial charge in [-0.15, -0.1) is 0 Å². The van der Waals surface area contributed by atoms with Crippen LogP contribution in [0.2, 0.25) is 0 Å². The van der Waals surface area contributed by atoms with Crippen LogP contribution in [0.4, 0.5) is 10.1 Å². The third kappa shape index (κ3) is 6.41. The van der Waals surface area contributed by atoms with Gasteiger partial charge >= 0.3 is 0 Å². The topological polar surface area (TPSA) is 90.4 Å². The van der Waals surface area contributed by atoms with Gasteiger partial charge < -0.3 is 19.9 Å². The molecule has 1 amide bonds. The summed E-state index contributed by atoms with van der Waals surface area (Å²) in [7, 11) is 0. The van der Waals surface area contributed by atoms with E-state index in [4.69, 9.17) is 9.47 Å². The summed E-state index contributed by atoms with van der Waals surface area (Å²) in [5.74, 6) is 0.0231. The molecule has 1 unspecified atom stereocenters. The summed E-state index contributed by atoms with van der Waals surface area (Å²) in [6.07, 6.45) is 2.27. The molecule has 0 bridgehead atoms. The lowest BCUT2D eigenvalue weighted by Crippen LogP contribution is -2.63. The molecule has 2 fully saturated rings. The van der Waals surface area contributed by atoms with E-state index < -0.39 is 6.04 Å². The Balaban J connectivity index is 1.36. The van der Waals surface area contributed by atoms with E-state index >= 15 is 0 Å². The molecule has 9 nitrogen and oxygen atoms in total. The molecule has 39 heavy (non-hydrogen) atoms. The van der Waals surface area contributed by atoms with Crippen molar-refractivity contribution in [2.24, 2.45) is 0 Å². The summed E-state index contributed by atoms with van der Waals surface area (Å²) in [5.41, 5.74) is 2.39. The average Bonchev–Trinajstić information content (AvgIpc) is 2.92. The van der Waals surface area contributed by atoms with E-state index in [1.165, 1.54) is 12.1 Å². The van der Waals surface area contributed by atoms with Crippen molar-refractivity contribution in [2.75, 3.05) is 57.5 Å². The summed E-state index contributed by atoms with van der Waals surface area (Å²) in [6, 6.07) is 8.84. The fourth-order valence-electron chi connectivity index (χ4n) is 5.91. The van der Waals surface area contributed by atoms with Gasteiger partial charge in [-0.1, -0.05) is 12.1 Å². The summed E-state index contributed by atoms with van der Waals surface area (Å²) in [5, 5.41) is 13.8. The Labute approximate surface area is 229 Å². The Morgan fingerprint density at radius 1 is 1.10 bits per heavy atom. The summed E-state index contributed by atoms with van der Waals surface area (Å²) >= 11 is 0. The zero-order valence-electron chi connectivity index (χ0n) is 23.1. The number of aromatic nitrogens is 1. The fourth-order valence-corrected chi connectivity index (χ4v) is 5.91. The lowest BCUT2D eigenvalue weighted by Gasteiger charge is -2.46. The first kappa shape index (κ1) is 27.9. The number of halogens is 1. The Bertz CT molecular complexity index is 1130.